The number of carbonyl (C=O) groups is 1. The summed E-state index contributed by atoms with van der Waals surface area (Å²) in [4.78, 5) is 14.6. The van der Waals surface area contributed by atoms with E-state index in [1.165, 1.54) is 0 Å². The van der Waals surface area contributed by atoms with Crippen molar-refractivity contribution in [3.8, 4) is 11.5 Å². The van der Waals surface area contributed by atoms with Crippen LogP contribution in [-0.4, -0.2) is 32.7 Å². The Bertz CT molecular complexity index is 909. The molecule has 1 atom stereocenters. The van der Waals surface area contributed by atoms with Crippen LogP contribution in [0.3, 0.4) is 0 Å². The number of carbonyl (C=O) groups excluding carboxylic acids is 1. The molecule has 0 unspecified atom stereocenters. The second-order valence-electron chi connectivity index (χ2n) is 6.80. The minimum atomic E-state index is -0.128. The number of benzene rings is 3. The summed E-state index contributed by atoms with van der Waals surface area (Å²) in [6, 6.07) is 24.9. The Morgan fingerprint density at radius 2 is 1.48 bits per heavy atom. The van der Waals surface area contributed by atoms with Gasteiger partial charge in [0.05, 0.1) is 13.2 Å². The first-order valence-electron chi connectivity index (χ1n) is 9.53. The summed E-state index contributed by atoms with van der Waals surface area (Å²) in [5.74, 6) is 1.39. The van der Waals surface area contributed by atoms with Crippen LogP contribution in [0, 0.1) is 0 Å². The molecule has 150 valence electrons. The number of para-hydroxylation sites is 1. The number of amides is 1. The van der Waals surface area contributed by atoms with E-state index in [-0.39, 0.29) is 11.9 Å². The maximum Gasteiger partial charge on any atom is 0.251 e. The SMILES string of the molecule is COc1ccc(OC[C@H](C)NC(=O)c2ccc(N(C)c3ccccc3)cc2)cc1. The van der Waals surface area contributed by atoms with Gasteiger partial charge in [-0.05, 0) is 67.6 Å². The number of methoxy groups -OCH3 is 1. The summed E-state index contributed by atoms with van der Waals surface area (Å²) in [6.45, 7) is 2.30. The summed E-state index contributed by atoms with van der Waals surface area (Å²) in [5, 5.41) is 2.97. The van der Waals surface area contributed by atoms with E-state index in [0.29, 0.717) is 12.2 Å². The molecule has 5 nitrogen and oxygen atoms in total. The number of nitrogens with one attached hydrogen (secondary N) is 1. The lowest BCUT2D eigenvalue weighted by atomic mass is 10.1. The Balaban J connectivity index is 1.53. The highest BCUT2D eigenvalue weighted by Crippen LogP contribution is 2.23. The number of rotatable bonds is 8. The monoisotopic (exact) mass is 390 g/mol. The Labute approximate surface area is 171 Å². The van der Waals surface area contributed by atoms with Gasteiger partial charge in [-0.15, -0.1) is 0 Å². The molecule has 29 heavy (non-hydrogen) atoms. The van der Waals surface area contributed by atoms with E-state index in [0.717, 1.165) is 22.9 Å². The molecule has 0 saturated carbocycles. The van der Waals surface area contributed by atoms with Crippen molar-refractivity contribution < 1.29 is 14.3 Å². The largest absolute Gasteiger partial charge is 0.497 e. The minimum absolute atomic E-state index is 0.121. The highest BCUT2D eigenvalue weighted by atomic mass is 16.5. The van der Waals surface area contributed by atoms with Crippen LogP contribution in [0.2, 0.25) is 0 Å². The van der Waals surface area contributed by atoms with Gasteiger partial charge in [0.1, 0.15) is 18.1 Å². The van der Waals surface area contributed by atoms with Crippen molar-refractivity contribution >= 4 is 17.3 Å². The summed E-state index contributed by atoms with van der Waals surface area (Å²) in [7, 11) is 3.63. The number of nitrogens with zero attached hydrogens (tertiary/aromatic N) is 1. The summed E-state index contributed by atoms with van der Waals surface area (Å²) in [5.41, 5.74) is 2.73. The third-order valence-corrected chi connectivity index (χ3v) is 4.60. The van der Waals surface area contributed by atoms with E-state index in [9.17, 15) is 4.79 Å². The number of hydrogen-bond acceptors (Lipinski definition) is 4. The smallest absolute Gasteiger partial charge is 0.251 e. The molecule has 0 aliphatic rings. The van der Waals surface area contributed by atoms with Gasteiger partial charge in [-0.1, -0.05) is 18.2 Å². The average molecular weight is 390 g/mol. The van der Waals surface area contributed by atoms with E-state index in [1.54, 1.807) is 7.11 Å². The van der Waals surface area contributed by atoms with Gasteiger partial charge in [0.25, 0.3) is 5.91 Å². The normalized spacial score (nSPS) is 11.4. The fourth-order valence-electron chi connectivity index (χ4n) is 2.88. The lowest BCUT2D eigenvalue weighted by molar-refractivity contribution is 0.0926. The van der Waals surface area contributed by atoms with E-state index < -0.39 is 0 Å². The summed E-state index contributed by atoms with van der Waals surface area (Å²) < 4.78 is 10.9. The van der Waals surface area contributed by atoms with Gasteiger partial charge in [0.2, 0.25) is 0 Å². The molecule has 0 saturated heterocycles. The quantitative estimate of drug-likeness (QED) is 0.608. The molecule has 0 spiro atoms. The molecular weight excluding hydrogens is 364 g/mol. The van der Waals surface area contributed by atoms with Gasteiger partial charge in [0.15, 0.2) is 0 Å². The lowest BCUT2D eigenvalue weighted by Crippen LogP contribution is -2.36. The van der Waals surface area contributed by atoms with Crippen molar-refractivity contribution in [2.45, 2.75) is 13.0 Å². The second-order valence-corrected chi connectivity index (χ2v) is 6.80. The molecule has 0 aliphatic carbocycles. The Morgan fingerprint density at radius 3 is 2.10 bits per heavy atom. The highest BCUT2D eigenvalue weighted by Gasteiger charge is 2.11. The summed E-state index contributed by atoms with van der Waals surface area (Å²) in [6.07, 6.45) is 0. The first-order chi connectivity index (χ1) is 14.1. The highest BCUT2D eigenvalue weighted by molar-refractivity contribution is 5.94. The molecule has 3 rings (SSSR count). The van der Waals surface area contributed by atoms with Crippen molar-refractivity contribution in [2.24, 2.45) is 0 Å². The molecule has 0 aromatic heterocycles. The van der Waals surface area contributed by atoms with Gasteiger partial charge >= 0.3 is 0 Å². The van der Waals surface area contributed by atoms with Crippen molar-refractivity contribution in [1.82, 2.24) is 5.32 Å². The molecule has 0 radical (unpaired) electrons. The predicted molar refractivity (Wildman–Crippen MR) is 116 cm³/mol. The van der Waals surface area contributed by atoms with Crippen molar-refractivity contribution in [3.63, 3.8) is 0 Å². The predicted octanol–water partition coefficient (Wildman–Crippen LogP) is 4.66. The molecular formula is C24H26N2O3. The fraction of sp³-hybridized carbons (Fsp3) is 0.208. The first-order valence-corrected chi connectivity index (χ1v) is 9.53. The van der Waals surface area contributed by atoms with Crippen LogP contribution < -0.4 is 19.7 Å². The molecule has 1 N–H and O–H groups in total. The number of hydrogen-bond donors (Lipinski definition) is 1. The van der Waals surface area contributed by atoms with Crippen LogP contribution in [0.15, 0.2) is 78.9 Å². The van der Waals surface area contributed by atoms with Crippen LogP contribution in [0.5, 0.6) is 11.5 Å². The van der Waals surface area contributed by atoms with Gasteiger partial charge in [-0.2, -0.15) is 0 Å². The first kappa shape index (κ1) is 20.3. The maximum atomic E-state index is 12.5. The standard InChI is InChI=1S/C24H26N2O3/c1-18(17-29-23-15-13-22(28-3)14-16-23)25-24(27)19-9-11-21(12-10-19)26(2)20-7-5-4-6-8-20/h4-16,18H,17H2,1-3H3,(H,25,27)/t18-/m0/s1. The molecule has 5 heteroatoms. The molecule has 3 aromatic carbocycles. The van der Waals surface area contributed by atoms with Crippen LogP contribution in [0.1, 0.15) is 17.3 Å². The van der Waals surface area contributed by atoms with E-state index >= 15 is 0 Å². The van der Waals surface area contributed by atoms with Crippen molar-refractivity contribution in [3.05, 3.63) is 84.4 Å². The molecule has 0 fully saturated rings. The summed E-state index contributed by atoms with van der Waals surface area (Å²) >= 11 is 0. The van der Waals surface area contributed by atoms with Gasteiger partial charge < -0.3 is 19.7 Å². The van der Waals surface area contributed by atoms with E-state index in [4.69, 9.17) is 9.47 Å². The van der Waals surface area contributed by atoms with Crippen LogP contribution in [0.25, 0.3) is 0 Å². The van der Waals surface area contributed by atoms with Crippen LogP contribution in [-0.2, 0) is 0 Å². The van der Waals surface area contributed by atoms with Crippen LogP contribution >= 0.6 is 0 Å². The molecule has 0 aliphatic heterocycles. The molecule has 0 bridgehead atoms. The Morgan fingerprint density at radius 1 is 0.897 bits per heavy atom. The van der Waals surface area contributed by atoms with Crippen LogP contribution in [0.4, 0.5) is 11.4 Å². The van der Waals surface area contributed by atoms with Gasteiger partial charge in [-0.25, -0.2) is 0 Å². The van der Waals surface area contributed by atoms with Gasteiger partial charge in [0, 0.05) is 24.0 Å². The lowest BCUT2D eigenvalue weighted by Gasteiger charge is -2.20. The molecule has 1 amide bonds. The van der Waals surface area contributed by atoms with E-state index in [2.05, 4.69) is 10.2 Å². The van der Waals surface area contributed by atoms with Crippen molar-refractivity contribution in [1.29, 1.82) is 0 Å². The third kappa shape index (κ3) is 5.51. The number of anilines is 2. The van der Waals surface area contributed by atoms with Gasteiger partial charge in [-0.3, -0.25) is 4.79 Å². The second kappa shape index (κ2) is 9.64. The zero-order chi connectivity index (χ0) is 20.6. The zero-order valence-electron chi connectivity index (χ0n) is 17.0. The third-order valence-electron chi connectivity index (χ3n) is 4.60. The average Bonchev–Trinajstić information content (AvgIpc) is 2.78. The minimum Gasteiger partial charge on any atom is -0.497 e. The Kier molecular flexibility index (Phi) is 6.74. The fourth-order valence-corrected chi connectivity index (χ4v) is 2.88. The van der Waals surface area contributed by atoms with Crippen molar-refractivity contribution in [2.75, 3.05) is 25.7 Å². The topological polar surface area (TPSA) is 50.8 Å². The van der Waals surface area contributed by atoms with E-state index in [1.807, 2.05) is 92.8 Å². The molecule has 3 aromatic rings. The maximum absolute atomic E-state index is 12.5. The Hall–Kier alpha value is -3.47. The zero-order valence-corrected chi connectivity index (χ0v) is 17.0. The number of ether oxygens (including phenoxy) is 2. The molecule has 0 heterocycles.